The Hall–Kier alpha value is -0.530. The van der Waals surface area contributed by atoms with Crippen molar-refractivity contribution in [3.8, 4) is 0 Å². The molecule has 0 amide bonds. The number of hydrogen-bond acceptors (Lipinski definition) is 1. The van der Waals surface area contributed by atoms with Crippen LogP contribution in [0.1, 0.15) is 32.3 Å². The van der Waals surface area contributed by atoms with E-state index in [0.29, 0.717) is 0 Å². The van der Waals surface area contributed by atoms with Crippen LogP contribution in [0.4, 0.5) is 0 Å². The number of hydrogen-bond donors (Lipinski definition) is 1. The Morgan fingerprint density at radius 1 is 1.31 bits per heavy atom. The Morgan fingerprint density at radius 2 is 1.88 bits per heavy atom. The van der Waals surface area contributed by atoms with Crippen molar-refractivity contribution < 1.29 is 0 Å². The SMILES string of the molecule is CC(C)C1CC(CN)(c2ccc(Cl)cc2)C1. The molecule has 0 heterocycles. The first-order valence-corrected chi connectivity index (χ1v) is 6.41. The number of rotatable bonds is 3. The molecule has 0 aliphatic heterocycles. The van der Waals surface area contributed by atoms with Crippen molar-refractivity contribution in [2.75, 3.05) is 6.54 Å². The van der Waals surface area contributed by atoms with Gasteiger partial charge < -0.3 is 5.73 Å². The van der Waals surface area contributed by atoms with Crippen molar-refractivity contribution >= 4 is 11.6 Å². The van der Waals surface area contributed by atoms with E-state index in [1.807, 2.05) is 12.1 Å². The van der Waals surface area contributed by atoms with Crippen molar-refractivity contribution in [3.63, 3.8) is 0 Å². The highest BCUT2D eigenvalue weighted by Crippen LogP contribution is 2.50. The van der Waals surface area contributed by atoms with Gasteiger partial charge in [0.15, 0.2) is 0 Å². The van der Waals surface area contributed by atoms with Crippen LogP contribution in [0.2, 0.25) is 5.02 Å². The van der Waals surface area contributed by atoms with Gasteiger partial charge in [-0.1, -0.05) is 37.6 Å². The van der Waals surface area contributed by atoms with E-state index in [9.17, 15) is 0 Å². The third-order valence-corrected chi connectivity index (χ3v) is 4.35. The van der Waals surface area contributed by atoms with E-state index in [1.54, 1.807) is 0 Å². The van der Waals surface area contributed by atoms with E-state index >= 15 is 0 Å². The van der Waals surface area contributed by atoms with E-state index in [4.69, 9.17) is 17.3 Å². The quantitative estimate of drug-likeness (QED) is 0.854. The molecule has 0 atom stereocenters. The molecule has 2 heteroatoms. The maximum Gasteiger partial charge on any atom is 0.0406 e. The van der Waals surface area contributed by atoms with Crippen LogP contribution in [0, 0.1) is 11.8 Å². The van der Waals surface area contributed by atoms with Gasteiger partial charge in [-0.05, 0) is 42.4 Å². The molecule has 0 radical (unpaired) electrons. The molecule has 0 unspecified atom stereocenters. The van der Waals surface area contributed by atoms with Gasteiger partial charge in [0, 0.05) is 17.0 Å². The largest absolute Gasteiger partial charge is 0.330 e. The fourth-order valence-electron chi connectivity index (χ4n) is 2.74. The van der Waals surface area contributed by atoms with Gasteiger partial charge in [0.1, 0.15) is 0 Å². The van der Waals surface area contributed by atoms with E-state index in [1.165, 1.54) is 18.4 Å². The van der Waals surface area contributed by atoms with Crippen molar-refractivity contribution in [1.82, 2.24) is 0 Å². The minimum Gasteiger partial charge on any atom is -0.330 e. The standard InChI is InChI=1S/C14H20ClN/c1-10(2)11-7-14(8-11,9-16)12-3-5-13(15)6-4-12/h3-6,10-11H,7-9,16H2,1-2H3. The zero-order valence-electron chi connectivity index (χ0n) is 10.0. The second-order valence-corrected chi connectivity index (χ2v) is 5.84. The highest BCUT2D eigenvalue weighted by Gasteiger charge is 2.45. The molecular formula is C14H20ClN. The van der Waals surface area contributed by atoms with Crippen LogP contribution in [-0.2, 0) is 5.41 Å². The van der Waals surface area contributed by atoms with Gasteiger partial charge in [0.05, 0.1) is 0 Å². The summed E-state index contributed by atoms with van der Waals surface area (Å²) < 4.78 is 0. The van der Waals surface area contributed by atoms with Crippen LogP contribution < -0.4 is 5.73 Å². The highest BCUT2D eigenvalue weighted by molar-refractivity contribution is 6.30. The second kappa shape index (κ2) is 4.38. The molecule has 1 aliphatic carbocycles. The molecular weight excluding hydrogens is 218 g/mol. The van der Waals surface area contributed by atoms with E-state index in [0.717, 1.165) is 23.4 Å². The molecule has 16 heavy (non-hydrogen) atoms. The average molecular weight is 238 g/mol. The summed E-state index contributed by atoms with van der Waals surface area (Å²) in [6.07, 6.45) is 2.45. The minimum absolute atomic E-state index is 0.222. The van der Waals surface area contributed by atoms with E-state index in [-0.39, 0.29) is 5.41 Å². The smallest absolute Gasteiger partial charge is 0.0406 e. The lowest BCUT2D eigenvalue weighted by Gasteiger charge is -2.49. The zero-order chi connectivity index (χ0) is 11.8. The first-order chi connectivity index (χ1) is 7.57. The third-order valence-electron chi connectivity index (χ3n) is 4.10. The first-order valence-electron chi connectivity index (χ1n) is 6.03. The summed E-state index contributed by atoms with van der Waals surface area (Å²) in [5.74, 6) is 1.60. The molecule has 2 rings (SSSR count). The molecule has 1 aromatic carbocycles. The third kappa shape index (κ3) is 1.99. The van der Waals surface area contributed by atoms with Crippen molar-refractivity contribution in [2.45, 2.75) is 32.1 Å². The van der Waals surface area contributed by atoms with Gasteiger partial charge in [0.2, 0.25) is 0 Å². The lowest BCUT2D eigenvalue weighted by Crippen LogP contribution is -2.48. The maximum absolute atomic E-state index is 5.97. The van der Waals surface area contributed by atoms with E-state index in [2.05, 4.69) is 26.0 Å². The summed E-state index contributed by atoms with van der Waals surface area (Å²) in [5, 5.41) is 0.802. The predicted octanol–water partition coefficient (Wildman–Crippen LogP) is 3.60. The van der Waals surface area contributed by atoms with Gasteiger partial charge in [-0.2, -0.15) is 0 Å². The molecule has 0 bridgehead atoms. The van der Waals surface area contributed by atoms with Crippen LogP contribution in [0.25, 0.3) is 0 Å². The van der Waals surface area contributed by atoms with Gasteiger partial charge >= 0.3 is 0 Å². The summed E-state index contributed by atoms with van der Waals surface area (Å²) in [4.78, 5) is 0. The fourth-order valence-corrected chi connectivity index (χ4v) is 2.87. The van der Waals surface area contributed by atoms with Crippen LogP contribution in [0.5, 0.6) is 0 Å². The number of nitrogens with two attached hydrogens (primary N) is 1. The highest BCUT2D eigenvalue weighted by atomic mass is 35.5. The summed E-state index contributed by atoms with van der Waals surface area (Å²) in [6.45, 7) is 5.35. The maximum atomic E-state index is 5.97. The fraction of sp³-hybridized carbons (Fsp3) is 0.571. The normalized spacial score (nSPS) is 29.2. The predicted molar refractivity (Wildman–Crippen MR) is 69.7 cm³/mol. The number of benzene rings is 1. The molecule has 1 nitrogen and oxygen atoms in total. The second-order valence-electron chi connectivity index (χ2n) is 5.40. The van der Waals surface area contributed by atoms with Gasteiger partial charge in [-0.25, -0.2) is 0 Å². The topological polar surface area (TPSA) is 26.0 Å². The molecule has 1 aromatic rings. The Morgan fingerprint density at radius 3 is 2.31 bits per heavy atom. The first kappa shape index (κ1) is 11.9. The summed E-state index contributed by atoms with van der Waals surface area (Å²) in [5.41, 5.74) is 7.55. The van der Waals surface area contributed by atoms with Gasteiger partial charge in [0.25, 0.3) is 0 Å². The molecule has 2 N–H and O–H groups in total. The molecule has 1 fully saturated rings. The van der Waals surface area contributed by atoms with Crippen LogP contribution in [0.15, 0.2) is 24.3 Å². The molecule has 0 spiro atoms. The van der Waals surface area contributed by atoms with Gasteiger partial charge in [-0.3, -0.25) is 0 Å². The number of halogens is 1. The Labute approximate surface area is 103 Å². The van der Waals surface area contributed by atoms with Crippen LogP contribution in [-0.4, -0.2) is 6.54 Å². The Balaban J connectivity index is 2.16. The average Bonchev–Trinajstić information content (AvgIpc) is 2.19. The molecule has 88 valence electrons. The molecule has 0 aromatic heterocycles. The molecule has 1 saturated carbocycles. The van der Waals surface area contributed by atoms with Crippen molar-refractivity contribution in [3.05, 3.63) is 34.9 Å². The van der Waals surface area contributed by atoms with Crippen molar-refractivity contribution in [2.24, 2.45) is 17.6 Å². The lowest BCUT2D eigenvalue weighted by atomic mass is 9.56. The van der Waals surface area contributed by atoms with Crippen LogP contribution >= 0.6 is 11.6 Å². The van der Waals surface area contributed by atoms with Gasteiger partial charge in [-0.15, -0.1) is 0 Å². The van der Waals surface area contributed by atoms with Crippen molar-refractivity contribution in [1.29, 1.82) is 0 Å². The Kier molecular flexibility index (Phi) is 3.27. The lowest BCUT2D eigenvalue weighted by molar-refractivity contribution is 0.106. The zero-order valence-corrected chi connectivity index (χ0v) is 10.8. The van der Waals surface area contributed by atoms with E-state index < -0.39 is 0 Å². The minimum atomic E-state index is 0.222. The summed E-state index contributed by atoms with van der Waals surface area (Å²) >= 11 is 5.91. The summed E-state index contributed by atoms with van der Waals surface area (Å²) in [7, 11) is 0. The Bertz CT molecular complexity index is 350. The molecule has 1 aliphatic rings. The molecule has 0 saturated heterocycles. The van der Waals surface area contributed by atoms with Crippen LogP contribution in [0.3, 0.4) is 0 Å². The summed E-state index contributed by atoms with van der Waals surface area (Å²) in [6, 6.07) is 8.20. The monoisotopic (exact) mass is 237 g/mol.